The van der Waals surface area contributed by atoms with Gasteiger partial charge in [-0.1, -0.05) is 37.8 Å². The van der Waals surface area contributed by atoms with Crippen LogP contribution in [-0.4, -0.2) is 6.04 Å². The van der Waals surface area contributed by atoms with Gasteiger partial charge < -0.3 is 5.32 Å². The van der Waals surface area contributed by atoms with Gasteiger partial charge in [-0.3, -0.25) is 0 Å². The predicted octanol–water partition coefficient (Wildman–Crippen LogP) is 3.29. The average molecular weight is 213 g/mol. The molecule has 16 heavy (non-hydrogen) atoms. The largest absolute Gasteiger partial charge is 0.382 e. The van der Waals surface area contributed by atoms with Gasteiger partial charge in [0, 0.05) is 5.70 Å². The summed E-state index contributed by atoms with van der Waals surface area (Å²) in [5, 5.41) is 3.40. The van der Waals surface area contributed by atoms with Crippen LogP contribution in [0.15, 0.2) is 42.6 Å². The molecule has 1 aromatic carbocycles. The van der Waals surface area contributed by atoms with E-state index >= 15 is 0 Å². The molecule has 0 spiro atoms. The van der Waals surface area contributed by atoms with Crippen LogP contribution in [-0.2, 0) is 6.42 Å². The molecule has 0 aliphatic rings. The lowest BCUT2D eigenvalue weighted by Crippen LogP contribution is -2.30. The first kappa shape index (κ1) is 12.4. The molecule has 0 aliphatic carbocycles. The molecule has 1 heteroatoms. The molecule has 84 valence electrons. The topological polar surface area (TPSA) is 12.0 Å². The van der Waals surface area contributed by atoms with E-state index in [2.05, 4.69) is 43.6 Å². The van der Waals surface area contributed by atoms with E-state index in [1.807, 2.05) is 19.1 Å². The maximum absolute atomic E-state index is 4.02. The Morgan fingerprint density at radius 3 is 2.69 bits per heavy atom. The smallest absolute Gasteiger partial charge is 0.0505 e. The Balaban J connectivity index is 2.65. The van der Waals surface area contributed by atoms with Gasteiger partial charge in [-0.15, -0.1) is 0 Å². The van der Waals surface area contributed by atoms with Crippen molar-refractivity contribution in [3.05, 3.63) is 60.3 Å². The van der Waals surface area contributed by atoms with Gasteiger partial charge >= 0.3 is 0 Å². The summed E-state index contributed by atoms with van der Waals surface area (Å²) < 4.78 is 0. The quantitative estimate of drug-likeness (QED) is 0.715. The van der Waals surface area contributed by atoms with Crippen molar-refractivity contribution in [1.82, 2.24) is 5.32 Å². The van der Waals surface area contributed by atoms with E-state index in [0.717, 1.165) is 24.1 Å². The van der Waals surface area contributed by atoms with Crippen LogP contribution in [0.25, 0.3) is 0 Å². The summed E-state index contributed by atoms with van der Waals surface area (Å²) in [5.41, 5.74) is 3.42. The molecule has 0 saturated carbocycles. The number of rotatable bonds is 6. The summed E-state index contributed by atoms with van der Waals surface area (Å²) in [6.07, 6.45) is 1.86. The molecule has 0 bridgehead atoms. The fraction of sp³-hybridized carbons (Fsp3) is 0.333. The van der Waals surface area contributed by atoms with Gasteiger partial charge in [-0.05, 0) is 43.5 Å². The van der Waals surface area contributed by atoms with E-state index in [4.69, 9.17) is 0 Å². The Labute approximate surface area is 98.9 Å². The van der Waals surface area contributed by atoms with Crippen molar-refractivity contribution >= 4 is 0 Å². The van der Waals surface area contributed by atoms with Gasteiger partial charge in [0.25, 0.3) is 0 Å². The van der Waals surface area contributed by atoms with Gasteiger partial charge in [0.15, 0.2) is 0 Å². The SMILES string of the molecule is C=C(CC)NC(Cc1cc#ccc1)C(=C)C. The number of hydrogen-bond acceptors (Lipinski definition) is 1. The lowest BCUT2D eigenvalue weighted by atomic mass is 10.0. The fourth-order valence-corrected chi connectivity index (χ4v) is 1.44. The predicted molar refractivity (Wildman–Crippen MR) is 69.0 cm³/mol. The maximum atomic E-state index is 4.02. The van der Waals surface area contributed by atoms with E-state index in [9.17, 15) is 0 Å². The van der Waals surface area contributed by atoms with Crippen molar-refractivity contribution in [3.8, 4) is 0 Å². The molecule has 1 unspecified atom stereocenters. The minimum absolute atomic E-state index is 0.253. The van der Waals surface area contributed by atoms with Crippen molar-refractivity contribution in [2.45, 2.75) is 32.7 Å². The molecule has 0 saturated heterocycles. The highest BCUT2D eigenvalue weighted by Gasteiger charge is 2.09. The van der Waals surface area contributed by atoms with E-state index in [1.54, 1.807) is 0 Å². The first-order chi connectivity index (χ1) is 7.63. The highest BCUT2D eigenvalue weighted by atomic mass is 14.9. The molecule has 1 N–H and O–H groups in total. The lowest BCUT2D eigenvalue weighted by molar-refractivity contribution is 0.623. The van der Waals surface area contributed by atoms with Gasteiger partial charge in [-0.25, -0.2) is 0 Å². The summed E-state index contributed by atoms with van der Waals surface area (Å²) in [4.78, 5) is 0. The number of nitrogens with one attached hydrogen (secondary N) is 1. The standard InChI is InChI=1S/C15H19N/c1-5-13(4)16-15(12(2)3)11-14-9-7-6-8-10-14/h7,9-10,15-16H,2,4-5,11H2,1,3H3. The Bertz CT molecular complexity index is 351. The second-order valence-corrected chi connectivity index (χ2v) is 4.05. The van der Waals surface area contributed by atoms with Gasteiger partial charge in [0.1, 0.15) is 0 Å². The van der Waals surface area contributed by atoms with Crippen LogP contribution in [0.2, 0.25) is 0 Å². The fourth-order valence-electron chi connectivity index (χ4n) is 1.44. The maximum Gasteiger partial charge on any atom is 0.0505 e. The van der Waals surface area contributed by atoms with Crippen LogP contribution in [0.5, 0.6) is 0 Å². The molecule has 0 radical (unpaired) electrons. The van der Waals surface area contributed by atoms with Crippen molar-refractivity contribution in [3.63, 3.8) is 0 Å². The second kappa shape index (κ2) is 6.02. The molecular weight excluding hydrogens is 194 g/mol. The van der Waals surface area contributed by atoms with Crippen LogP contribution in [0.3, 0.4) is 0 Å². The zero-order valence-electron chi connectivity index (χ0n) is 10.1. The minimum Gasteiger partial charge on any atom is -0.382 e. The molecule has 0 heterocycles. The third-order valence-corrected chi connectivity index (χ3v) is 2.56. The molecule has 1 atom stereocenters. The molecule has 0 aliphatic heterocycles. The van der Waals surface area contributed by atoms with Crippen molar-refractivity contribution in [2.24, 2.45) is 0 Å². The molecule has 0 fully saturated rings. The van der Waals surface area contributed by atoms with Crippen LogP contribution in [0.4, 0.5) is 0 Å². The lowest BCUT2D eigenvalue weighted by Gasteiger charge is -2.21. The summed E-state index contributed by atoms with van der Waals surface area (Å²) in [6.45, 7) is 12.1. The monoisotopic (exact) mass is 213 g/mol. The third-order valence-electron chi connectivity index (χ3n) is 2.56. The van der Waals surface area contributed by atoms with Crippen LogP contribution in [0.1, 0.15) is 25.8 Å². The summed E-state index contributed by atoms with van der Waals surface area (Å²) in [5.74, 6) is 0. The normalized spacial score (nSPS) is 11.4. The van der Waals surface area contributed by atoms with E-state index in [1.165, 1.54) is 5.56 Å². The Morgan fingerprint density at radius 2 is 2.19 bits per heavy atom. The van der Waals surface area contributed by atoms with Crippen LogP contribution >= 0.6 is 0 Å². The van der Waals surface area contributed by atoms with E-state index in [0.29, 0.717) is 0 Å². The summed E-state index contributed by atoms with van der Waals surface area (Å²) in [7, 11) is 0. The zero-order chi connectivity index (χ0) is 12.0. The summed E-state index contributed by atoms with van der Waals surface area (Å²) in [6, 6.07) is 12.0. The Kier molecular flexibility index (Phi) is 4.66. The highest BCUT2D eigenvalue weighted by Crippen LogP contribution is 2.09. The Hall–Kier alpha value is -1.68. The Morgan fingerprint density at radius 1 is 1.44 bits per heavy atom. The number of allylic oxidation sites excluding steroid dienone is 1. The molecule has 0 aromatic heterocycles. The first-order valence-corrected chi connectivity index (χ1v) is 5.59. The van der Waals surface area contributed by atoms with Crippen molar-refractivity contribution < 1.29 is 0 Å². The second-order valence-electron chi connectivity index (χ2n) is 4.05. The van der Waals surface area contributed by atoms with Crippen molar-refractivity contribution in [2.75, 3.05) is 0 Å². The summed E-state index contributed by atoms with van der Waals surface area (Å²) >= 11 is 0. The van der Waals surface area contributed by atoms with Crippen LogP contribution < -0.4 is 5.32 Å². The molecular formula is C15H19N. The zero-order valence-corrected chi connectivity index (χ0v) is 10.1. The molecule has 1 nitrogen and oxygen atoms in total. The van der Waals surface area contributed by atoms with Gasteiger partial charge in [-0.2, -0.15) is 0 Å². The van der Waals surface area contributed by atoms with Gasteiger partial charge in [0.2, 0.25) is 0 Å². The van der Waals surface area contributed by atoms with Gasteiger partial charge in [0.05, 0.1) is 6.04 Å². The van der Waals surface area contributed by atoms with E-state index in [-0.39, 0.29) is 6.04 Å². The molecule has 1 aromatic rings. The molecule has 1 rings (SSSR count). The van der Waals surface area contributed by atoms with Crippen LogP contribution in [0, 0.1) is 12.1 Å². The number of hydrogen-bond donors (Lipinski definition) is 1. The van der Waals surface area contributed by atoms with E-state index < -0.39 is 0 Å². The van der Waals surface area contributed by atoms with Crippen molar-refractivity contribution in [1.29, 1.82) is 0 Å². The first-order valence-electron chi connectivity index (χ1n) is 5.59. The highest BCUT2D eigenvalue weighted by molar-refractivity contribution is 5.17. The minimum atomic E-state index is 0.253. The average Bonchev–Trinajstić information content (AvgIpc) is 2.29. The molecule has 0 amide bonds. The third kappa shape index (κ3) is 3.82.